The summed E-state index contributed by atoms with van der Waals surface area (Å²) in [5.74, 6) is -1.42. The van der Waals surface area contributed by atoms with Gasteiger partial charge in [0.25, 0.3) is 0 Å². The Bertz CT molecular complexity index is 1090. The van der Waals surface area contributed by atoms with Gasteiger partial charge in [0.05, 0.1) is 103 Å². The van der Waals surface area contributed by atoms with E-state index in [2.05, 4.69) is 41.1 Å². The number of aryl methyl sites for hydroxylation is 1. The number of unbranched alkanes of at least 4 members (excludes halogenated alkanes) is 1. The van der Waals surface area contributed by atoms with Crippen LogP contribution in [0.5, 0.6) is 0 Å². The fourth-order valence-electron chi connectivity index (χ4n) is 4.66. The number of nitrogens with zero attached hydrogens (tertiary/aromatic N) is 3. The Hall–Kier alpha value is -2.94. The Labute approximate surface area is 299 Å². The van der Waals surface area contributed by atoms with Crippen LogP contribution < -0.4 is 4.90 Å². The minimum absolute atomic E-state index is 0.0259. The highest BCUT2D eigenvalue weighted by Crippen LogP contribution is 2.25. The number of allylic oxidation sites excluding steroid dienone is 2. The summed E-state index contributed by atoms with van der Waals surface area (Å²) in [7, 11) is 2.99. The van der Waals surface area contributed by atoms with Gasteiger partial charge in [-0.25, -0.2) is 0 Å². The van der Waals surface area contributed by atoms with E-state index in [-0.39, 0.29) is 31.8 Å². The number of azo groups is 1. The number of likely N-dealkylation sites (N-methyl/N-ethyl adjacent to an activating group) is 1. The lowest BCUT2D eigenvalue weighted by Gasteiger charge is -2.29. The summed E-state index contributed by atoms with van der Waals surface area (Å²) in [4.78, 5) is 26.3. The predicted octanol–water partition coefficient (Wildman–Crippen LogP) is 5.88. The van der Waals surface area contributed by atoms with Crippen LogP contribution in [0.3, 0.4) is 0 Å². The van der Waals surface area contributed by atoms with Gasteiger partial charge in [0.2, 0.25) is 0 Å². The van der Waals surface area contributed by atoms with E-state index in [0.29, 0.717) is 72.4 Å². The van der Waals surface area contributed by atoms with Gasteiger partial charge >= 0.3 is 11.9 Å². The second kappa shape index (κ2) is 29.8. The van der Waals surface area contributed by atoms with E-state index in [9.17, 15) is 9.59 Å². The molecule has 13 nitrogen and oxygen atoms in total. The molecular weight excluding hydrogens is 646 g/mol. The molecule has 0 aliphatic carbocycles. The van der Waals surface area contributed by atoms with Crippen LogP contribution in [-0.4, -0.2) is 124 Å². The third kappa shape index (κ3) is 22.0. The Balaban J connectivity index is 2.14. The molecule has 0 spiro atoms. The highest BCUT2D eigenvalue weighted by molar-refractivity contribution is 5.80. The molecule has 0 aliphatic rings. The minimum atomic E-state index is -0.549. The SMILES string of the molecule is CCC/C=C/CC(CC(=O)OCCOCCOCCOCCOCCOC(COC(C)C)CN(CC)c1ccc(N=NC)c(C)c1)C(=O)OC. The van der Waals surface area contributed by atoms with Crippen LogP contribution in [0.15, 0.2) is 40.6 Å². The van der Waals surface area contributed by atoms with Crippen LogP contribution in [0, 0.1) is 12.8 Å². The minimum Gasteiger partial charge on any atom is -0.469 e. The average Bonchev–Trinajstić information content (AvgIpc) is 3.10. The molecule has 0 saturated heterocycles. The number of carbonyl (C=O) groups is 2. The fourth-order valence-corrected chi connectivity index (χ4v) is 4.66. The van der Waals surface area contributed by atoms with Gasteiger partial charge in [-0.1, -0.05) is 25.5 Å². The van der Waals surface area contributed by atoms with E-state index >= 15 is 0 Å². The largest absolute Gasteiger partial charge is 0.469 e. The van der Waals surface area contributed by atoms with Crippen LogP contribution in [0.4, 0.5) is 11.4 Å². The monoisotopic (exact) mass is 709 g/mol. The molecule has 1 aromatic carbocycles. The summed E-state index contributed by atoms with van der Waals surface area (Å²) in [5.41, 5.74) is 3.04. The number of carbonyl (C=O) groups excluding carboxylic acids is 2. The second-order valence-corrected chi connectivity index (χ2v) is 11.8. The molecule has 0 fully saturated rings. The summed E-state index contributed by atoms with van der Waals surface area (Å²) < 4.78 is 44.3. The van der Waals surface area contributed by atoms with Gasteiger partial charge in [-0.3, -0.25) is 9.59 Å². The Morgan fingerprint density at radius 2 is 1.48 bits per heavy atom. The highest BCUT2D eigenvalue weighted by Gasteiger charge is 2.22. The molecule has 0 heterocycles. The van der Waals surface area contributed by atoms with Crippen molar-refractivity contribution in [2.75, 3.05) is 105 Å². The lowest BCUT2D eigenvalue weighted by Crippen LogP contribution is -2.38. The van der Waals surface area contributed by atoms with E-state index in [1.165, 1.54) is 7.11 Å². The lowest BCUT2D eigenvalue weighted by molar-refractivity contribution is -0.154. The van der Waals surface area contributed by atoms with Gasteiger partial charge in [-0.05, 0) is 64.3 Å². The number of esters is 2. The van der Waals surface area contributed by atoms with Crippen molar-refractivity contribution in [2.24, 2.45) is 16.1 Å². The molecule has 0 bridgehead atoms. The van der Waals surface area contributed by atoms with Gasteiger partial charge in [0, 0.05) is 25.8 Å². The fraction of sp³-hybridized carbons (Fsp3) is 0.730. The summed E-state index contributed by atoms with van der Waals surface area (Å²) >= 11 is 0. The normalized spacial score (nSPS) is 13.0. The average molecular weight is 710 g/mol. The van der Waals surface area contributed by atoms with E-state index in [4.69, 9.17) is 37.9 Å². The Morgan fingerprint density at radius 1 is 0.860 bits per heavy atom. The molecule has 0 radical (unpaired) electrons. The summed E-state index contributed by atoms with van der Waals surface area (Å²) in [6.07, 6.45) is 6.28. The van der Waals surface area contributed by atoms with Gasteiger partial charge in [0.1, 0.15) is 6.61 Å². The molecule has 0 saturated carbocycles. The topological polar surface area (TPSA) is 136 Å². The number of ether oxygens (including phenoxy) is 8. The van der Waals surface area contributed by atoms with Crippen LogP contribution in [-0.2, 0) is 47.5 Å². The molecule has 13 heteroatoms. The first-order valence-electron chi connectivity index (χ1n) is 17.8. The predicted molar refractivity (Wildman–Crippen MR) is 193 cm³/mol. The summed E-state index contributed by atoms with van der Waals surface area (Å²) in [6.45, 7) is 16.1. The number of hydrogen-bond donors (Lipinski definition) is 0. The third-order valence-corrected chi connectivity index (χ3v) is 7.35. The molecule has 1 rings (SSSR count). The van der Waals surface area contributed by atoms with Crippen molar-refractivity contribution in [1.82, 2.24) is 0 Å². The lowest BCUT2D eigenvalue weighted by atomic mass is 10.0. The zero-order valence-electron chi connectivity index (χ0n) is 31.6. The number of hydrogen-bond acceptors (Lipinski definition) is 13. The van der Waals surface area contributed by atoms with Crippen molar-refractivity contribution in [3.05, 3.63) is 35.9 Å². The molecule has 286 valence electrons. The number of benzene rings is 1. The van der Waals surface area contributed by atoms with Gasteiger partial charge in [-0.15, -0.1) is 0 Å². The van der Waals surface area contributed by atoms with Gasteiger partial charge in [-0.2, -0.15) is 10.2 Å². The molecule has 2 unspecified atom stereocenters. The highest BCUT2D eigenvalue weighted by atomic mass is 16.6. The molecule has 0 amide bonds. The van der Waals surface area contributed by atoms with Gasteiger partial charge < -0.3 is 42.8 Å². The molecule has 0 aromatic heterocycles. The molecule has 1 aromatic rings. The zero-order chi connectivity index (χ0) is 36.8. The van der Waals surface area contributed by atoms with Crippen LogP contribution in [0.25, 0.3) is 0 Å². The van der Waals surface area contributed by atoms with Crippen LogP contribution in [0.2, 0.25) is 0 Å². The van der Waals surface area contributed by atoms with E-state index in [1.54, 1.807) is 7.05 Å². The Kier molecular flexibility index (Phi) is 26.8. The quantitative estimate of drug-likeness (QED) is 0.0396. The number of methoxy groups -OCH3 is 1. The van der Waals surface area contributed by atoms with Crippen molar-refractivity contribution >= 4 is 23.3 Å². The first-order valence-corrected chi connectivity index (χ1v) is 17.8. The maximum absolute atomic E-state index is 12.1. The molecule has 0 aliphatic heterocycles. The standard InChI is InChI=1S/C37H63N3O10/c1-8-10-11-12-13-32(37(42)43-7)27-36(41)49-25-23-47-21-19-45-17-16-44-18-20-46-22-24-48-34(29-50-30(3)4)28-40(9-2)33-14-15-35(39-38-6)31(5)26-33/h11-12,14-15,26,30,32,34H,8-10,13,16-25,27-29H2,1-7H3/b12-11+,39-38?. The third-order valence-electron chi connectivity index (χ3n) is 7.35. The molecule has 0 N–H and O–H groups in total. The first-order chi connectivity index (χ1) is 24.2. The number of rotatable bonds is 31. The maximum atomic E-state index is 12.1. The first kappa shape index (κ1) is 45.1. The molecule has 2 atom stereocenters. The van der Waals surface area contributed by atoms with E-state index in [0.717, 1.165) is 36.3 Å². The van der Waals surface area contributed by atoms with E-state index in [1.807, 2.05) is 39.0 Å². The van der Waals surface area contributed by atoms with Crippen molar-refractivity contribution in [1.29, 1.82) is 0 Å². The Morgan fingerprint density at radius 3 is 2.02 bits per heavy atom. The van der Waals surface area contributed by atoms with E-state index < -0.39 is 17.9 Å². The zero-order valence-corrected chi connectivity index (χ0v) is 31.6. The van der Waals surface area contributed by atoms with Gasteiger partial charge in [0.15, 0.2) is 0 Å². The van der Waals surface area contributed by atoms with Crippen LogP contribution in [0.1, 0.15) is 58.9 Å². The smallest absolute Gasteiger partial charge is 0.309 e. The van der Waals surface area contributed by atoms with Crippen molar-refractivity contribution in [3.63, 3.8) is 0 Å². The molecule has 50 heavy (non-hydrogen) atoms. The second-order valence-electron chi connectivity index (χ2n) is 11.8. The summed E-state index contributed by atoms with van der Waals surface area (Å²) in [6, 6.07) is 6.17. The molecular formula is C37H63N3O10. The van der Waals surface area contributed by atoms with Crippen molar-refractivity contribution < 1.29 is 47.5 Å². The summed E-state index contributed by atoms with van der Waals surface area (Å²) in [5, 5.41) is 8.06. The van der Waals surface area contributed by atoms with Crippen LogP contribution >= 0.6 is 0 Å². The number of anilines is 1. The maximum Gasteiger partial charge on any atom is 0.309 e. The van der Waals surface area contributed by atoms with Crippen molar-refractivity contribution in [2.45, 2.75) is 72.5 Å². The van der Waals surface area contributed by atoms with Crippen molar-refractivity contribution in [3.8, 4) is 0 Å².